The Balaban J connectivity index is 2.56. The Kier molecular flexibility index (Phi) is 2.65. The van der Waals surface area contributed by atoms with Gasteiger partial charge in [-0.15, -0.1) is 11.3 Å². The van der Waals surface area contributed by atoms with E-state index in [1.165, 1.54) is 4.88 Å². The number of hydrogen-bond donors (Lipinski definition) is 2. The molecule has 0 saturated carbocycles. The zero-order valence-electron chi connectivity index (χ0n) is 6.58. The van der Waals surface area contributed by atoms with Gasteiger partial charge in [-0.1, -0.05) is 6.07 Å². The van der Waals surface area contributed by atoms with E-state index >= 15 is 0 Å². The second-order valence-electron chi connectivity index (χ2n) is 3.07. The lowest BCUT2D eigenvalue weighted by Gasteiger charge is -2.20. The van der Waals surface area contributed by atoms with E-state index in [4.69, 9.17) is 10.8 Å². The molecule has 0 fully saturated rings. The number of nitrogens with two attached hydrogens (primary N) is 1. The average Bonchev–Trinajstić information content (AvgIpc) is 2.39. The van der Waals surface area contributed by atoms with E-state index in [-0.39, 0.29) is 6.61 Å². The highest BCUT2D eigenvalue weighted by Crippen LogP contribution is 2.15. The van der Waals surface area contributed by atoms with E-state index in [9.17, 15) is 0 Å². The minimum Gasteiger partial charge on any atom is -0.394 e. The zero-order chi connectivity index (χ0) is 8.32. The lowest BCUT2D eigenvalue weighted by Crippen LogP contribution is -2.42. The number of thiophene rings is 1. The molecule has 0 aliphatic rings. The third kappa shape index (κ3) is 2.61. The number of hydrogen-bond acceptors (Lipinski definition) is 3. The quantitative estimate of drug-likeness (QED) is 0.712. The maximum absolute atomic E-state index is 8.87. The standard InChI is InChI=1S/C8H13NOS/c1-8(9,6-10)5-7-3-2-4-11-7/h2-4,10H,5-6,9H2,1H3. The van der Waals surface area contributed by atoms with Crippen molar-refractivity contribution < 1.29 is 5.11 Å². The molecule has 1 aromatic rings. The lowest BCUT2D eigenvalue weighted by molar-refractivity contribution is 0.209. The molecule has 0 saturated heterocycles. The molecule has 0 radical (unpaired) electrons. The van der Waals surface area contributed by atoms with Crippen LogP contribution in [0.2, 0.25) is 0 Å². The van der Waals surface area contributed by atoms with Crippen LogP contribution in [0, 0.1) is 0 Å². The second-order valence-corrected chi connectivity index (χ2v) is 4.10. The van der Waals surface area contributed by atoms with Crippen molar-refractivity contribution in [3.8, 4) is 0 Å². The van der Waals surface area contributed by atoms with Gasteiger partial charge in [0, 0.05) is 16.8 Å². The van der Waals surface area contributed by atoms with E-state index in [0.29, 0.717) is 0 Å². The van der Waals surface area contributed by atoms with Crippen molar-refractivity contribution in [2.75, 3.05) is 6.61 Å². The molecule has 0 aliphatic carbocycles. The van der Waals surface area contributed by atoms with E-state index in [1.807, 2.05) is 24.4 Å². The van der Waals surface area contributed by atoms with Crippen LogP contribution in [0.1, 0.15) is 11.8 Å². The van der Waals surface area contributed by atoms with Crippen molar-refractivity contribution in [2.45, 2.75) is 18.9 Å². The Morgan fingerprint density at radius 2 is 2.45 bits per heavy atom. The van der Waals surface area contributed by atoms with Gasteiger partial charge in [0.15, 0.2) is 0 Å². The molecule has 1 heterocycles. The molecule has 3 N–H and O–H groups in total. The Morgan fingerprint density at radius 1 is 1.73 bits per heavy atom. The van der Waals surface area contributed by atoms with Crippen LogP contribution in [0.5, 0.6) is 0 Å². The van der Waals surface area contributed by atoms with Gasteiger partial charge < -0.3 is 10.8 Å². The van der Waals surface area contributed by atoms with Gasteiger partial charge in [-0.05, 0) is 18.4 Å². The summed E-state index contributed by atoms with van der Waals surface area (Å²) in [6.45, 7) is 1.89. The summed E-state index contributed by atoms with van der Waals surface area (Å²) >= 11 is 1.67. The predicted octanol–water partition coefficient (Wildman–Crippen LogP) is 1.00. The van der Waals surface area contributed by atoms with E-state index < -0.39 is 5.54 Å². The molecule has 0 aliphatic heterocycles. The van der Waals surface area contributed by atoms with Crippen LogP contribution in [0.3, 0.4) is 0 Å². The fourth-order valence-corrected chi connectivity index (χ4v) is 1.77. The van der Waals surface area contributed by atoms with Crippen molar-refractivity contribution >= 4 is 11.3 Å². The van der Waals surface area contributed by atoms with Crippen molar-refractivity contribution in [2.24, 2.45) is 5.73 Å². The number of rotatable bonds is 3. The summed E-state index contributed by atoms with van der Waals surface area (Å²) in [5.74, 6) is 0. The smallest absolute Gasteiger partial charge is 0.0612 e. The highest BCUT2D eigenvalue weighted by Gasteiger charge is 2.17. The van der Waals surface area contributed by atoms with Gasteiger partial charge in [0.25, 0.3) is 0 Å². The average molecular weight is 171 g/mol. The lowest BCUT2D eigenvalue weighted by atomic mass is 10.00. The minimum absolute atomic E-state index is 0.0326. The molecule has 1 unspecified atom stereocenters. The van der Waals surface area contributed by atoms with Gasteiger partial charge >= 0.3 is 0 Å². The first kappa shape index (κ1) is 8.71. The number of aliphatic hydroxyl groups is 1. The normalized spacial score (nSPS) is 16.3. The van der Waals surface area contributed by atoms with Gasteiger partial charge in [0.05, 0.1) is 6.61 Å². The van der Waals surface area contributed by atoms with Crippen LogP contribution in [0.15, 0.2) is 17.5 Å². The summed E-state index contributed by atoms with van der Waals surface area (Å²) in [5.41, 5.74) is 5.30. The van der Waals surface area contributed by atoms with Gasteiger partial charge in [0.2, 0.25) is 0 Å². The SMILES string of the molecule is CC(N)(CO)Cc1cccs1. The molecule has 0 bridgehead atoms. The third-order valence-corrected chi connectivity index (χ3v) is 2.40. The van der Waals surface area contributed by atoms with Crippen LogP contribution in [-0.2, 0) is 6.42 Å². The molecule has 1 atom stereocenters. The Labute approximate surface area is 70.7 Å². The summed E-state index contributed by atoms with van der Waals surface area (Å²) in [7, 11) is 0. The topological polar surface area (TPSA) is 46.2 Å². The maximum atomic E-state index is 8.87. The summed E-state index contributed by atoms with van der Waals surface area (Å²) in [5, 5.41) is 10.9. The summed E-state index contributed by atoms with van der Waals surface area (Å²) in [6, 6.07) is 4.03. The fraction of sp³-hybridized carbons (Fsp3) is 0.500. The molecule has 0 aromatic carbocycles. The van der Waals surface area contributed by atoms with E-state index in [0.717, 1.165) is 6.42 Å². The molecule has 2 nitrogen and oxygen atoms in total. The molecule has 3 heteroatoms. The molecule has 0 spiro atoms. The minimum atomic E-state index is -0.467. The summed E-state index contributed by atoms with van der Waals surface area (Å²) in [4.78, 5) is 1.23. The van der Waals surface area contributed by atoms with Crippen LogP contribution in [-0.4, -0.2) is 17.3 Å². The highest BCUT2D eigenvalue weighted by molar-refractivity contribution is 7.09. The Morgan fingerprint density at radius 3 is 2.91 bits per heavy atom. The van der Waals surface area contributed by atoms with Gasteiger partial charge in [0.1, 0.15) is 0 Å². The van der Waals surface area contributed by atoms with Crippen molar-refractivity contribution in [3.63, 3.8) is 0 Å². The highest BCUT2D eigenvalue weighted by atomic mass is 32.1. The van der Waals surface area contributed by atoms with Crippen molar-refractivity contribution in [3.05, 3.63) is 22.4 Å². The van der Waals surface area contributed by atoms with Gasteiger partial charge in [-0.3, -0.25) is 0 Å². The molecular weight excluding hydrogens is 158 g/mol. The van der Waals surface area contributed by atoms with Crippen LogP contribution in [0.25, 0.3) is 0 Å². The zero-order valence-corrected chi connectivity index (χ0v) is 7.40. The van der Waals surface area contributed by atoms with Gasteiger partial charge in [-0.25, -0.2) is 0 Å². The van der Waals surface area contributed by atoms with Crippen LogP contribution in [0.4, 0.5) is 0 Å². The maximum Gasteiger partial charge on any atom is 0.0612 e. The van der Waals surface area contributed by atoms with Crippen molar-refractivity contribution in [1.82, 2.24) is 0 Å². The molecular formula is C8H13NOS. The Hall–Kier alpha value is -0.380. The molecule has 1 aromatic heterocycles. The largest absolute Gasteiger partial charge is 0.394 e. The summed E-state index contributed by atoms with van der Waals surface area (Å²) in [6.07, 6.45) is 0.751. The molecule has 11 heavy (non-hydrogen) atoms. The number of aliphatic hydroxyl groups excluding tert-OH is 1. The fourth-order valence-electron chi connectivity index (χ4n) is 0.867. The van der Waals surface area contributed by atoms with Gasteiger partial charge in [-0.2, -0.15) is 0 Å². The van der Waals surface area contributed by atoms with E-state index in [2.05, 4.69) is 0 Å². The Bertz CT molecular complexity index is 206. The van der Waals surface area contributed by atoms with Crippen LogP contribution >= 0.6 is 11.3 Å². The first-order valence-electron chi connectivity index (χ1n) is 3.56. The second kappa shape index (κ2) is 3.34. The third-order valence-electron chi connectivity index (χ3n) is 1.52. The molecule has 62 valence electrons. The molecule has 1 rings (SSSR count). The first-order chi connectivity index (χ1) is 5.14. The predicted molar refractivity (Wildman–Crippen MR) is 47.7 cm³/mol. The first-order valence-corrected chi connectivity index (χ1v) is 4.44. The molecule has 0 amide bonds. The van der Waals surface area contributed by atoms with E-state index in [1.54, 1.807) is 11.3 Å². The monoisotopic (exact) mass is 171 g/mol. The van der Waals surface area contributed by atoms with Crippen molar-refractivity contribution in [1.29, 1.82) is 0 Å². The summed E-state index contributed by atoms with van der Waals surface area (Å²) < 4.78 is 0. The van der Waals surface area contributed by atoms with Crippen LogP contribution < -0.4 is 5.73 Å².